The minimum absolute atomic E-state index is 0.250. The molecule has 1 unspecified atom stereocenters. The van der Waals surface area contributed by atoms with Gasteiger partial charge in [-0.15, -0.1) is 0 Å². The van der Waals surface area contributed by atoms with Gasteiger partial charge in [-0.05, 0) is 32.6 Å². The Labute approximate surface area is 121 Å². The Morgan fingerprint density at radius 2 is 2.15 bits per heavy atom. The molecule has 2 aliphatic carbocycles. The van der Waals surface area contributed by atoms with Gasteiger partial charge in [0.1, 0.15) is 0 Å². The molecule has 7 heteroatoms. The molecule has 3 rings (SSSR count). The Kier molecular flexibility index (Phi) is 3.69. The molecular formula is C13H18N4O2S. The predicted octanol–water partition coefficient (Wildman–Crippen LogP) is 1.69. The highest BCUT2D eigenvalue weighted by Gasteiger charge is 2.28. The zero-order valence-corrected chi connectivity index (χ0v) is 12.2. The average Bonchev–Trinajstić information content (AvgIpc) is 3.32. The number of imidazole rings is 1. The van der Waals surface area contributed by atoms with Crippen LogP contribution in [0.2, 0.25) is 0 Å². The third-order valence-electron chi connectivity index (χ3n) is 3.37. The van der Waals surface area contributed by atoms with Gasteiger partial charge in [-0.25, -0.2) is 9.78 Å². The van der Waals surface area contributed by atoms with Gasteiger partial charge < -0.3 is 9.88 Å². The summed E-state index contributed by atoms with van der Waals surface area (Å²) in [6.07, 6.45) is 8.06. The second-order valence-corrected chi connectivity index (χ2v) is 6.65. The Morgan fingerprint density at radius 3 is 2.80 bits per heavy atom. The van der Waals surface area contributed by atoms with Gasteiger partial charge in [0, 0.05) is 24.5 Å². The number of rotatable bonds is 5. The number of nitrogens with zero attached hydrogens (tertiary/aromatic N) is 2. The smallest absolute Gasteiger partial charge is 0.321 e. The molecule has 0 saturated heterocycles. The fraction of sp³-hybridized carbons (Fsp3) is 0.615. The minimum Gasteiger partial charge on any atom is -0.335 e. The third kappa shape index (κ3) is 3.33. The first-order valence-corrected chi connectivity index (χ1v) is 7.82. The number of urea groups is 1. The number of hydrogen-bond acceptors (Lipinski definition) is 4. The molecule has 0 radical (unpaired) electrons. The van der Waals surface area contributed by atoms with Crippen LogP contribution in [0.5, 0.6) is 0 Å². The lowest BCUT2D eigenvalue weighted by Gasteiger charge is -2.12. The van der Waals surface area contributed by atoms with Gasteiger partial charge in [-0.2, -0.15) is 0 Å². The molecular weight excluding hydrogens is 276 g/mol. The van der Waals surface area contributed by atoms with Crippen molar-refractivity contribution in [2.75, 3.05) is 0 Å². The topological polar surface area (TPSA) is 76.0 Å². The van der Waals surface area contributed by atoms with E-state index < -0.39 is 6.03 Å². The average molecular weight is 294 g/mol. The van der Waals surface area contributed by atoms with E-state index in [4.69, 9.17) is 0 Å². The first kappa shape index (κ1) is 13.5. The van der Waals surface area contributed by atoms with Gasteiger partial charge in [-0.3, -0.25) is 10.1 Å². The van der Waals surface area contributed by atoms with Crippen molar-refractivity contribution in [1.82, 2.24) is 20.2 Å². The van der Waals surface area contributed by atoms with Gasteiger partial charge in [0.05, 0.1) is 5.25 Å². The van der Waals surface area contributed by atoms with Gasteiger partial charge in [-0.1, -0.05) is 11.8 Å². The second-order valence-electron chi connectivity index (χ2n) is 5.35. The van der Waals surface area contributed by atoms with E-state index in [0.717, 1.165) is 18.0 Å². The number of imide groups is 1. The van der Waals surface area contributed by atoms with Crippen molar-refractivity contribution in [3.63, 3.8) is 0 Å². The quantitative estimate of drug-likeness (QED) is 0.810. The van der Waals surface area contributed by atoms with Crippen LogP contribution in [0.3, 0.4) is 0 Å². The van der Waals surface area contributed by atoms with Gasteiger partial charge in [0.25, 0.3) is 0 Å². The highest BCUT2D eigenvalue weighted by Crippen LogP contribution is 2.38. The molecule has 1 aromatic heterocycles. The maximum absolute atomic E-state index is 11.9. The highest BCUT2D eigenvalue weighted by molar-refractivity contribution is 8.00. The van der Waals surface area contributed by atoms with Crippen molar-refractivity contribution in [2.45, 2.75) is 55.1 Å². The monoisotopic (exact) mass is 294 g/mol. The summed E-state index contributed by atoms with van der Waals surface area (Å²) >= 11 is 1.39. The van der Waals surface area contributed by atoms with Gasteiger partial charge in [0.2, 0.25) is 5.91 Å². The molecule has 1 atom stereocenters. The zero-order valence-electron chi connectivity index (χ0n) is 11.3. The van der Waals surface area contributed by atoms with E-state index in [1.54, 1.807) is 13.1 Å². The van der Waals surface area contributed by atoms with Crippen LogP contribution in [0, 0.1) is 0 Å². The molecule has 2 N–H and O–H groups in total. The molecule has 0 aromatic carbocycles. The SMILES string of the molecule is CC(Sc1nccn1C1CC1)C(=O)NC(=O)NC1CC1. The number of carbonyl (C=O) groups is 2. The van der Waals surface area contributed by atoms with Crippen LogP contribution in [0.1, 0.15) is 38.6 Å². The number of amides is 3. The van der Waals surface area contributed by atoms with Crippen molar-refractivity contribution >= 4 is 23.7 Å². The molecule has 6 nitrogen and oxygen atoms in total. The molecule has 0 bridgehead atoms. The Hall–Kier alpha value is -1.50. The third-order valence-corrected chi connectivity index (χ3v) is 4.47. The number of hydrogen-bond donors (Lipinski definition) is 2. The lowest BCUT2D eigenvalue weighted by molar-refractivity contribution is -0.119. The van der Waals surface area contributed by atoms with Crippen molar-refractivity contribution in [1.29, 1.82) is 0 Å². The van der Waals surface area contributed by atoms with Crippen LogP contribution < -0.4 is 10.6 Å². The summed E-state index contributed by atoms with van der Waals surface area (Å²) in [5.41, 5.74) is 0. The number of nitrogens with one attached hydrogen (secondary N) is 2. The molecule has 0 aliphatic heterocycles. The standard InChI is InChI=1S/C13H18N4O2S/c1-8(11(18)16-12(19)15-9-2-3-9)20-13-14-6-7-17(13)10-4-5-10/h6-10H,2-5H2,1H3,(H2,15,16,18,19). The fourth-order valence-electron chi connectivity index (χ4n) is 1.90. The summed E-state index contributed by atoms with van der Waals surface area (Å²) in [7, 11) is 0. The Bertz CT molecular complexity index is 522. The Morgan fingerprint density at radius 1 is 1.40 bits per heavy atom. The first-order valence-electron chi connectivity index (χ1n) is 6.94. The maximum Gasteiger partial charge on any atom is 0.321 e. The molecule has 108 valence electrons. The number of aromatic nitrogens is 2. The molecule has 0 spiro atoms. The van der Waals surface area contributed by atoms with Crippen LogP contribution in [-0.2, 0) is 4.79 Å². The van der Waals surface area contributed by atoms with Crippen LogP contribution in [0.15, 0.2) is 17.6 Å². The summed E-state index contributed by atoms with van der Waals surface area (Å²) in [5.74, 6) is -0.279. The largest absolute Gasteiger partial charge is 0.335 e. The summed E-state index contributed by atoms with van der Waals surface area (Å²) in [4.78, 5) is 27.8. The lowest BCUT2D eigenvalue weighted by atomic mass is 10.4. The van der Waals surface area contributed by atoms with Crippen LogP contribution in [0.4, 0.5) is 4.79 Å². The van der Waals surface area contributed by atoms with E-state index in [-0.39, 0.29) is 17.2 Å². The van der Waals surface area contributed by atoms with E-state index in [9.17, 15) is 9.59 Å². The molecule has 1 heterocycles. The predicted molar refractivity (Wildman–Crippen MR) is 75.5 cm³/mol. The van der Waals surface area contributed by atoms with E-state index in [2.05, 4.69) is 20.2 Å². The van der Waals surface area contributed by atoms with E-state index in [1.165, 1.54) is 24.6 Å². The summed E-state index contributed by atoms with van der Waals surface area (Å²) in [6.45, 7) is 1.79. The summed E-state index contributed by atoms with van der Waals surface area (Å²) < 4.78 is 2.11. The molecule has 2 aliphatic rings. The van der Waals surface area contributed by atoms with Crippen molar-refractivity contribution < 1.29 is 9.59 Å². The zero-order chi connectivity index (χ0) is 14.1. The van der Waals surface area contributed by atoms with Crippen LogP contribution in [0.25, 0.3) is 0 Å². The summed E-state index contributed by atoms with van der Waals surface area (Å²) in [5, 5.41) is 5.62. The molecule has 1 aromatic rings. The molecule has 3 amide bonds. The van der Waals surface area contributed by atoms with Crippen LogP contribution >= 0.6 is 11.8 Å². The van der Waals surface area contributed by atoms with Gasteiger partial charge in [0.15, 0.2) is 5.16 Å². The van der Waals surface area contributed by atoms with E-state index in [0.29, 0.717) is 6.04 Å². The first-order chi connectivity index (χ1) is 9.63. The molecule has 2 saturated carbocycles. The van der Waals surface area contributed by atoms with Gasteiger partial charge >= 0.3 is 6.03 Å². The van der Waals surface area contributed by atoms with Crippen LogP contribution in [-0.4, -0.2) is 32.8 Å². The van der Waals surface area contributed by atoms with Crippen molar-refractivity contribution in [2.24, 2.45) is 0 Å². The van der Waals surface area contributed by atoms with Crippen molar-refractivity contribution in [3.8, 4) is 0 Å². The maximum atomic E-state index is 11.9. The normalized spacial score (nSPS) is 19.4. The second kappa shape index (κ2) is 5.47. The van der Waals surface area contributed by atoms with E-state index >= 15 is 0 Å². The number of thioether (sulfide) groups is 1. The van der Waals surface area contributed by atoms with Crippen molar-refractivity contribution in [3.05, 3.63) is 12.4 Å². The number of carbonyl (C=O) groups excluding carboxylic acids is 2. The molecule has 20 heavy (non-hydrogen) atoms. The molecule has 2 fully saturated rings. The Balaban J connectivity index is 1.51. The van der Waals surface area contributed by atoms with E-state index in [1.807, 2.05) is 6.20 Å². The fourth-order valence-corrected chi connectivity index (χ4v) is 2.83. The minimum atomic E-state index is -0.393. The lowest BCUT2D eigenvalue weighted by Crippen LogP contribution is -2.43. The summed E-state index contributed by atoms with van der Waals surface area (Å²) in [6, 6.07) is 0.392. The highest BCUT2D eigenvalue weighted by atomic mass is 32.2.